The number of ketones is 3. The van der Waals surface area contributed by atoms with Crippen molar-refractivity contribution in [1.29, 1.82) is 0 Å². The van der Waals surface area contributed by atoms with Gasteiger partial charge in [0.1, 0.15) is 36.9 Å². The molecular weight excluding hydrogens is 1280 g/mol. The zero-order valence-electron chi connectivity index (χ0n) is 55.4. The predicted octanol–water partition coefficient (Wildman–Crippen LogP) is 3.73. The molecule has 0 spiro atoms. The van der Waals surface area contributed by atoms with Crippen molar-refractivity contribution in [2.24, 2.45) is 42.3 Å². The summed E-state index contributed by atoms with van der Waals surface area (Å²) in [4.78, 5) is 76.4. The molecule has 0 radical (unpaired) electrons. The number of hydrogen-bond donors (Lipinski definition) is 6. The summed E-state index contributed by atoms with van der Waals surface area (Å²) in [6.45, 7) is 9.45. The fourth-order valence-electron chi connectivity index (χ4n) is 9.27. The minimum atomic E-state index is -1.04. The lowest BCUT2D eigenvalue weighted by atomic mass is 10.1. The molecule has 0 aliphatic rings. The van der Waals surface area contributed by atoms with Crippen molar-refractivity contribution < 1.29 is 59.4 Å². The molecule has 12 heterocycles. The molecule has 0 aliphatic carbocycles. The van der Waals surface area contributed by atoms with E-state index in [1.165, 1.54) is 52.9 Å². The number of aliphatic hydroxyl groups excluding tert-OH is 3. The van der Waals surface area contributed by atoms with Crippen molar-refractivity contribution in [3.63, 3.8) is 0 Å². The van der Waals surface area contributed by atoms with Gasteiger partial charge in [0.15, 0.2) is 22.9 Å². The Bertz CT molecular complexity index is 4820. The lowest BCUT2D eigenvalue weighted by Gasteiger charge is -2.03. The Morgan fingerprint density at radius 2 is 0.636 bits per heavy atom. The smallest absolute Gasteiger partial charge is 0.354 e. The van der Waals surface area contributed by atoms with E-state index < -0.39 is 37.7 Å². The minimum Gasteiger partial charge on any atom is -0.477 e. The number of hydrogen-bond acceptors (Lipinski definition) is 27. The maximum absolute atomic E-state index is 11.6. The first kappa shape index (κ1) is 73.5. The van der Waals surface area contributed by atoms with Gasteiger partial charge < -0.3 is 30.6 Å². The van der Waals surface area contributed by atoms with E-state index in [1.54, 1.807) is 110 Å². The van der Waals surface area contributed by atoms with E-state index in [0.717, 1.165) is 33.9 Å². The number of carboxylic acids is 3. The van der Waals surface area contributed by atoms with Crippen molar-refractivity contribution in [3.05, 3.63) is 178 Å². The molecule has 36 heteroatoms. The Kier molecular flexibility index (Phi) is 24.8. The molecule has 6 N–H and O–H groups in total. The first-order valence-corrected chi connectivity index (χ1v) is 29.2. The van der Waals surface area contributed by atoms with Crippen LogP contribution < -0.4 is 0 Å². The van der Waals surface area contributed by atoms with Crippen LogP contribution in [0.15, 0.2) is 110 Å². The Morgan fingerprint density at radius 3 is 0.949 bits per heavy atom. The second-order valence-electron chi connectivity index (χ2n) is 21.3. The molecular formula is C63H66N24O12. The molecule has 0 aromatic carbocycles. The van der Waals surface area contributed by atoms with Gasteiger partial charge in [-0.05, 0) is 107 Å². The highest BCUT2D eigenvalue weighted by molar-refractivity contribution is 6.02. The van der Waals surface area contributed by atoms with Gasteiger partial charge in [0.25, 0.3) is 0 Å². The third kappa shape index (κ3) is 18.3. The quantitative estimate of drug-likeness (QED) is 0.0796. The Balaban J connectivity index is 0.000000167. The SMILES string of the molecule is Cc1cc(C)nc(-c2cnn(C)c2C(=O)O)n1.Cc1ccc(-c2cnn(C)c2C(=O)CO)nn1.Cc1ccc(-c2cnn(C)c2C(=O)O)nn1.Cc1cnnc(-c2cnn(C)c2C(=O)CO)c1.Cc1cnnc(-c2cnn(C)c2C(=O)O)c1.Cn1ncc(-c2cccnn2)c1C(=O)CO. The first-order chi connectivity index (χ1) is 47.2. The Morgan fingerprint density at radius 1 is 0.333 bits per heavy atom. The maximum Gasteiger partial charge on any atom is 0.354 e. The fraction of sp³-hybridized carbons (Fsp3) is 0.238. The summed E-state index contributed by atoms with van der Waals surface area (Å²) in [6, 6.07) is 16.0. The van der Waals surface area contributed by atoms with Crippen LogP contribution in [0.1, 0.15) is 96.8 Å². The second-order valence-corrected chi connectivity index (χ2v) is 21.3. The number of rotatable bonds is 15. The van der Waals surface area contributed by atoms with Crippen molar-refractivity contribution in [2.45, 2.75) is 41.5 Å². The van der Waals surface area contributed by atoms with Gasteiger partial charge in [-0.15, -0.1) is 0 Å². The first-order valence-electron chi connectivity index (χ1n) is 29.2. The van der Waals surface area contributed by atoms with Crippen LogP contribution in [0.5, 0.6) is 0 Å². The van der Waals surface area contributed by atoms with Gasteiger partial charge in [-0.25, -0.2) is 24.4 Å². The average molecular weight is 1350 g/mol. The van der Waals surface area contributed by atoms with E-state index in [-0.39, 0.29) is 34.4 Å². The summed E-state index contributed by atoms with van der Waals surface area (Å²) in [5, 5.41) is 117. The molecule has 0 aliphatic heterocycles. The van der Waals surface area contributed by atoms with E-state index in [9.17, 15) is 28.8 Å². The second kappa shape index (κ2) is 33.4. The molecule has 0 saturated carbocycles. The average Bonchev–Trinajstić information content (AvgIpc) is 1.74. The molecule has 0 amide bonds. The molecule has 12 rings (SSSR count). The number of aromatic carboxylic acids is 3. The molecule has 12 aromatic rings. The molecule has 0 fully saturated rings. The largest absolute Gasteiger partial charge is 0.477 e. The summed E-state index contributed by atoms with van der Waals surface area (Å²) in [7, 11) is 9.67. The number of carbonyl (C=O) groups is 6. The molecule has 36 nitrogen and oxygen atoms in total. The number of Topliss-reactive ketones (excluding diaryl/α,β-unsaturated/α-hetero) is 3. The van der Waals surface area contributed by atoms with Gasteiger partial charge in [-0.2, -0.15) is 81.6 Å². The maximum atomic E-state index is 11.6. The van der Waals surface area contributed by atoms with Gasteiger partial charge in [0, 0.05) is 59.9 Å². The van der Waals surface area contributed by atoms with Crippen LogP contribution in [0.25, 0.3) is 67.7 Å². The van der Waals surface area contributed by atoms with Crippen molar-refractivity contribution >= 4 is 35.3 Å². The third-order valence-electron chi connectivity index (χ3n) is 13.8. The summed E-state index contributed by atoms with van der Waals surface area (Å²) in [6.07, 6.45) is 13.8. The van der Waals surface area contributed by atoms with Gasteiger partial charge >= 0.3 is 17.9 Å². The third-order valence-corrected chi connectivity index (χ3v) is 13.8. The van der Waals surface area contributed by atoms with E-state index in [0.29, 0.717) is 84.8 Å². The number of aromatic nitrogens is 24. The number of nitrogens with zero attached hydrogens (tertiary/aromatic N) is 24. The lowest BCUT2D eigenvalue weighted by Crippen LogP contribution is -2.12. The highest BCUT2D eigenvalue weighted by Crippen LogP contribution is 2.26. The zero-order valence-corrected chi connectivity index (χ0v) is 55.4. The van der Waals surface area contributed by atoms with Gasteiger partial charge in [-0.1, -0.05) is 0 Å². The number of carbonyl (C=O) groups excluding carboxylic acids is 3. The highest BCUT2D eigenvalue weighted by atomic mass is 16.4. The molecule has 12 aromatic heterocycles. The predicted molar refractivity (Wildman–Crippen MR) is 349 cm³/mol. The van der Waals surface area contributed by atoms with Crippen LogP contribution in [0, 0.1) is 41.5 Å². The lowest BCUT2D eigenvalue weighted by molar-refractivity contribution is 0.0675. The van der Waals surface area contributed by atoms with Gasteiger partial charge in [-0.3, -0.25) is 42.5 Å². The summed E-state index contributed by atoms with van der Waals surface area (Å²) < 4.78 is 8.19. The molecule has 510 valence electrons. The summed E-state index contributed by atoms with van der Waals surface area (Å²) in [5.74, 6) is -3.86. The molecule has 0 atom stereocenters. The van der Waals surface area contributed by atoms with Crippen LogP contribution in [0.3, 0.4) is 0 Å². The molecule has 0 saturated heterocycles. The topological polar surface area (TPSA) is 485 Å². The minimum absolute atomic E-state index is 0.0926. The van der Waals surface area contributed by atoms with Crippen LogP contribution >= 0.6 is 0 Å². The van der Waals surface area contributed by atoms with Crippen molar-refractivity contribution in [1.82, 2.24) is 120 Å². The van der Waals surface area contributed by atoms with Crippen molar-refractivity contribution in [3.8, 4) is 67.7 Å². The van der Waals surface area contributed by atoms with E-state index in [2.05, 4.69) is 91.5 Å². The van der Waals surface area contributed by atoms with E-state index in [1.807, 2.05) is 59.7 Å². The standard InChI is InChI=1S/3C11H12N4O2.3C10H10N4O2/c1-7-3-9(14-12-4-7)8-5-13-15(2)11(8)10(17)6-16;1-6-4-7(2)14-10(13-6)8-5-12-15(3)9(8)11(16)17;1-7-3-4-9(14-13-7)8-5-12-15(2)11(8)10(17)6-16;1-6-3-8(13-11-4-6)7-5-12-14(2)9(7)10(15)16;1-6-3-4-8(13-12-6)7-5-11-14(2)9(7)10(15)16;1-14-10(9(16)6-15)7(5-12-14)8-3-2-4-11-13-8/h3-5,16H,6H2,1-2H3;4-5H,1-3H3,(H,16,17);3-5,16H,6H2,1-2H3;2*3-5H,1-2H3,(H,15,16);2-5,15H,6H2,1H3. The molecule has 0 unspecified atom stereocenters. The fourth-order valence-corrected chi connectivity index (χ4v) is 9.27. The van der Waals surface area contributed by atoms with E-state index in [4.69, 9.17) is 30.6 Å². The Labute approximate surface area is 562 Å². The Hall–Kier alpha value is -13.0. The number of aryl methyl sites for hydroxylation is 12. The molecule has 99 heavy (non-hydrogen) atoms. The summed E-state index contributed by atoms with van der Waals surface area (Å²) in [5.41, 5.74) is 12.2. The van der Waals surface area contributed by atoms with Crippen LogP contribution in [-0.2, 0) is 42.3 Å². The number of aliphatic hydroxyl groups is 3. The van der Waals surface area contributed by atoms with Crippen molar-refractivity contribution in [2.75, 3.05) is 19.8 Å². The van der Waals surface area contributed by atoms with Gasteiger partial charge in [0.2, 0.25) is 17.3 Å². The van der Waals surface area contributed by atoms with Crippen LogP contribution in [0.4, 0.5) is 0 Å². The normalized spacial score (nSPS) is 10.5. The molecule has 0 bridgehead atoms. The van der Waals surface area contributed by atoms with Gasteiger partial charge in [0.05, 0.1) is 123 Å². The van der Waals surface area contributed by atoms with Crippen LogP contribution in [0.2, 0.25) is 0 Å². The highest BCUT2D eigenvalue weighted by Gasteiger charge is 2.24. The number of carboxylic acid groups (broad SMARTS) is 3. The van der Waals surface area contributed by atoms with E-state index >= 15 is 0 Å². The monoisotopic (exact) mass is 1350 g/mol. The zero-order chi connectivity index (χ0) is 72.4. The summed E-state index contributed by atoms with van der Waals surface area (Å²) >= 11 is 0. The van der Waals surface area contributed by atoms with Crippen LogP contribution in [-0.4, -0.2) is 205 Å².